The smallest absolute Gasteiger partial charge is 0.0961 e. The summed E-state index contributed by atoms with van der Waals surface area (Å²) in [5.41, 5.74) is 9.38. The van der Waals surface area contributed by atoms with E-state index in [0.717, 1.165) is 44.4 Å². The molecule has 8 aromatic rings. The number of nitriles is 2. The largest absolute Gasteiger partial charge is 0.340 e. The number of rotatable bonds is 8. The van der Waals surface area contributed by atoms with Gasteiger partial charge in [0, 0.05) is 50.4 Å². The van der Waals surface area contributed by atoms with Crippen molar-refractivity contribution in [3.05, 3.63) is 169 Å². The third-order valence-corrected chi connectivity index (χ3v) is 9.46. The minimum atomic E-state index is -0.594. The van der Waals surface area contributed by atoms with Crippen molar-refractivity contribution in [2.24, 2.45) is 5.92 Å². The summed E-state index contributed by atoms with van der Waals surface area (Å²) in [6, 6.07) is 56.7. The Morgan fingerprint density at radius 2 is 1.24 bits per heavy atom. The molecule has 0 bridgehead atoms. The van der Waals surface area contributed by atoms with Gasteiger partial charge in [-0.2, -0.15) is 10.5 Å². The van der Waals surface area contributed by atoms with Crippen molar-refractivity contribution in [3.63, 3.8) is 0 Å². The van der Waals surface area contributed by atoms with Crippen LogP contribution in [0.3, 0.4) is 0 Å². The fraction of sp³-hybridized carbons (Fsp3) is 0.0667. The molecule has 0 saturated carbocycles. The van der Waals surface area contributed by atoms with E-state index in [1.807, 2.05) is 36.4 Å². The summed E-state index contributed by atoms with van der Waals surface area (Å²) in [5, 5.41) is 25.3. The van der Waals surface area contributed by atoms with Crippen molar-refractivity contribution in [1.29, 1.82) is 10.5 Å². The van der Waals surface area contributed by atoms with Crippen LogP contribution in [0.5, 0.6) is 0 Å². The van der Waals surface area contributed by atoms with Gasteiger partial charge in [0.1, 0.15) is 0 Å². The molecule has 0 spiro atoms. The summed E-state index contributed by atoms with van der Waals surface area (Å²) < 4.78 is 4.55. The SMILES string of the molecule is C=C(/C=C(/C#N)C(C#N)CCn1c2ccccc2c2ccccc21)c1cc#ccc1-c1cccc(-n2c3ccccc3c3ccccc32)c1. The first kappa shape index (κ1) is 29.6. The van der Waals surface area contributed by atoms with E-state index < -0.39 is 5.92 Å². The van der Waals surface area contributed by atoms with Crippen molar-refractivity contribution in [2.75, 3.05) is 0 Å². The first-order valence-corrected chi connectivity index (χ1v) is 16.3. The zero-order valence-electron chi connectivity index (χ0n) is 26.8. The fourth-order valence-corrected chi connectivity index (χ4v) is 7.17. The fourth-order valence-electron chi connectivity index (χ4n) is 7.17. The lowest BCUT2D eigenvalue weighted by Gasteiger charge is -2.14. The van der Waals surface area contributed by atoms with E-state index >= 15 is 0 Å². The van der Waals surface area contributed by atoms with Crippen LogP contribution in [0.2, 0.25) is 0 Å². The monoisotopic (exact) mass is 626 g/mol. The first-order chi connectivity index (χ1) is 24.2. The highest BCUT2D eigenvalue weighted by atomic mass is 15.0. The maximum atomic E-state index is 10.3. The van der Waals surface area contributed by atoms with Gasteiger partial charge in [-0.25, -0.2) is 0 Å². The van der Waals surface area contributed by atoms with Gasteiger partial charge in [0.25, 0.3) is 0 Å². The molecule has 2 aromatic heterocycles. The summed E-state index contributed by atoms with van der Waals surface area (Å²) in [6.07, 6.45) is 2.26. The minimum absolute atomic E-state index is 0.395. The molecular weight excluding hydrogens is 597 g/mol. The molecular formula is C45H30N4. The molecule has 1 unspecified atom stereocenters. The average Bonchev–Trinajstić information content (AvgIpc) is 3.67. The van der Waals surface area contributed by atoms with Gasteiger partial charge < -0.3 is 9.13 Å². The molecule has 49 heavy (non-hydrogen) atoms. The van der Waals surface area contributed by atoms with Gasteiger partial charge in [0.2, 0.25) is 0 Å². The van der Waals surface area contributed by atoms with Crippen LogP contribution in [0.25, 0.3) is 66.0 Å². The van der Waals surface area contributed by atoms with Gasteiger partial charge >= 0.3 is 0 Å². The number of benzene rings is 5. The van der Waals surface area contributed by atoms with Gasteiger partial charge in [-0.15, -0.1) is 0 Å². The van der Waals surface area contributed by atoms with Crippen LogP contribution in [0.4, 0.5) is 0 Å². The molecule has 4 heteroatoms. The predicted molar refractivity (Wildman–Crippen MR) is 200 cm³/mol. The molecule has 0 fully saturated rings. The van der Waals surface area contributed by atoms with Crippen molar-refractivity contribution in [1.82, 2.24) is 9.13 Å². The highest BCUT2D eigenvalue weighted by Gasteiger charge is 2.18. The first-order valence-electron chi connectivity index (χ1n) is 16.3. The molecule has 0 aliphatic carbocycles. The number of allylic oxidation sites excluding steroid dienone is 3. The molecule has 0 radical (unpaired) electrons. The maximum Gasteiger partial charge on any atom is 0.0961 e. The molecule has 2 heterocycles. The van der Waals surface area contributed by atoms with Gasteiger partial charge in [-0.3, -0.25) is 0 Å². The Hall–Kier alpha value is -6.80. The molecule has 0 aliphatic rings. The topological polar surface area (TPSA) is 57.4 Å². The molecule has 0 amide bonds. The Morgan fingerprint density at radius 1 is 0.694 bits per heavy atom. The van der Waals surface area contributed by atoms with Gasteiger partial charge in [-0.1, -0.05) is 104 Å². The lowest BCUT2D eigenvalue weighted by Crippen LogP contribution is -2.07. The molecule has 230 valence electrons. The van der Waals surface area contributed by atoms with Gasteiger partial charge in [0.15, 0.2) is 0 Å². The Labute approximate surface area is 285 Å². The Morgan fingerprint density at radius 3 is 1.84 bits per heavy atom. The second-order valence-electron chi connectivity index (χ2n) is 12.2. The predicted octanol–water partition coefficient (Wildman–Crippen LogP) is 10.9. The van der Waals surface area contributed by atoms with Crippen LogP contribution in [0, 0.1) is 40.7 Å². The van der Waals surface area contributed by atoms with Crippen LogP contribution < -0.4 is 0 Å². The van der Waals surface area contributed by atoms with Crippen molar-refractivity contribution >= 4 is 49.2 Å². The van der Waals surface area contributed by atoms with Crippen LogP contribution in [-0.4, -0.2) is 9.13 Å². The highest BCUT2D eigenvalue weighted by molar-refractivity contribution is 6.09. The van der Waals surface area contributed by atoms with Crippen LogP contribution in [-0.2, 0) is 6.54 Å². The number of nitrogens with zero attached hydrogens (tertiary/aromatic N) is 4. The van der Waals surface area contributed by atoms with Crippen LogP contribution >= 0.6 is 0 Å². The van der Waals surface area contributed by atoms with Gasteiger partial charge in [-0.05, 0) is 83.3 Å². The second kappa shape index (κ2) is 12.4. The zero-order valence-corrected chi connectivity index (χ0v) is 26.8. The van der Waals surface area contributed by atoms with E-state index in [9.17, 15) is 10.5 Å². The summed E-state index contributed by atoms with van der Waals surface area (Å²) in [5.74, 6) is -0.594. The summed E-state index contributed by atoms with van der Waals surface area (Å²) in [7, 11) is 0. The van der Waals surface area contributed by atoms with E-state index in [1.54, 1.807) is 6.08 Å². The lowest BCUT2D eigenvalue weighted by atomic mass is 9.91. The average molecular weight is 627 g/mol. The number of para-hydroxylation sites is 4. The van der Waals surface area contributed by atoms with Crippen molar-refractivity contribution in [3.8, 4) is 29.0 Å². The lowest BCUT2D eigenvalue weighted by molar-refractivity contribution is 0.609. The van der Waals surface area contributed by atoms with Crippen LogP contribution in [0.15, 0.2) is 152 Å². The van der Waals surface area contributed by atoms with E-state index in [1.165, 1.54) is 21.5 Å². The van der Waals surface area contributed by atoms with Crippen molar-refractivity contribution < 1.29 is 0 Å². The Balaban J connectivity index is 1.12. The maximum absolute atomic E-state index is 10.3. The third-order valence-electron chi connectivity index (χ3n) is 9.46. The third kappa shape index (κ3) is 5.12. The van der Waals surface area contributed by atoms with E-state index in [2.05, 4.69) is 137 Å². The number of fused-ring (bicyclic) bond motifs is 6. The molecule has 0 N–H and O–H groups in total. The standard InChI is InChI=1S/C45H30N4/c1-31(27-34(30-47)33(29-46)25-26-48-42-21-8-4-17-38(42)39-18-5-9-22-43(39)48)36-15-2-3-16-37(36)32-13-12-14-35(28-32)49-44-23-10-6-19-40(44)41-20-7-11-24-45(41)49/h4-24,27-28,33H,1,25-26H2/b34-27-. The Kier molecular flexibility index (Phi) is 7.50. The normalized spacial score (nSPS) is 12.2. The molecule has 4 nitrogen and oxygen atoms in total. The van der Waals surface area contributed by atoms with E-state index in [0.29, 0.717) is 24.1 Å². The summed E-state index contributed by atoms with van der Waals surface area (Å²) >= 11 is 0. The second-order valence-corrected chi connectivity index (χ2v) is 12.2. The molecule has 0 aliphatic heterocycles. The number of hydrogen-bond donors (Lipinski definition) is 0. The number of aromatic nitrogens is 2. The number of hydrogen-bond acceptors (Lipinski definition) is 2. The van der Waals surface area contributed by atoms with Crippen LogP contribution in [0.1, 0.15) is 12.0 Å². The van der Waals surface area contributed by atoms with Crippen molar-refractivity contribution in [2.45, 2.75) is 13.0 Å². The van der Waals surface area contributed by atoms with Gasteiger partial charge in [0.05, 0.1) is 29.1 Å². The molecule has 0 saturated heterocycles. The molecule has 1 atom stereocenters. The molecule has 8 rings (SSSR count). The Bertz CT molecular complexity index is 2560. The molecule has 6 aromatic carbocycles. The number of aryl methyl sites for hydroxylation is 1. The van der Waals surface area contributed by atoms with E-state index in [4.69, 9.17) is 0 Å². The highest BCUT2D eigenvalue weighted by Crippen LogP contribution is 2.35. The summed E-state index contributed by atoms with van der Waals surface area (Å²) in [4.78, 5) is 0. The summed E-state index contributed by atoms with van der Waals surface area (Å²) in [6.45, 7) is 4.98. The quantitative estimate of drug-likeness (QED) is 0.124. The minimum Gasteiger partial charge on any atom is -0.340 e. The zero-order chi connectivity index (χ0) is 33.3. The van der Waals surface area contributed by atoms with E-state index in [-0.39, 0.29) is 0 Å².